The van der Waals surface area contributed by atoms with Crippen molar-refractivity contribution in [2.75, 3.05) is 12.8 Å². The summed E-state index contributed by atoms with van der Waals surface area (Å²) in [6.45, 7) is 3.57. The summed E-state index contributed by atoms with van der Waals surface area (Å²) in [5.41, 5.74) is -0.760. The molecular weight excluding hydrogens is 476 g/mol. The second-order valence-electron chi connectivity index (χ2n) is 9.30. The number of sulfonamides is 1. The number of carbonyl (C=O) groups is 1. The van der Waals surface area contributed by atoms with Crippen molar-refractivity contribution in [1.29, 1.82) is 0 Å². The summed E-state index contributed by atoms with van der Waals surface area (Å²) in [6.07, 6.45) is -0.782. The molecule has 0 radical (unpaired) electrons. The number of benzene rings is 2. The zero-order valence-electron chi connectivity index (χ0n) is 19.1. The Balaban J connectivity index is 2.03. The molecule has 1 aliphatic heterocycles. The van der Waals surface area contributed by atoms with Crippen LogP contribution in [0.2, 0.25) is 0 Å². The lowest BCUT2D eigenvalue weighted by atomic mass is 9.95. The van der Waals surface area contributed by atoms with Crippen molar-refractivity contribution in [1.82, 2.24) is 9.62 Å². The minimum absolute atomic E-state index is 0.0400. The Morgan fingerprint density at radius 2 is 1.82 bits per heavy atom. The average Bonchev–Trinajstić information content (AvgIpc) is 2.91. The first-order valence-electron chi connectivity index (χ1n) is 10.5. The van der Waals surface area contributed by atoms with Crippen molar-refractivity contribution in [2.24, 2.45) is 0 Å². The molecule has 11 heteroatoms. The van der Waals surface area contributed by atoms with E-state index in [2.05, 4.69) is 0 Å². The van der Waals surface area contributed by atoms with E-state index in [4.69, 9.17) is 4.74 Å². The second kappa shape index (κ2) is 9.18. The quantitative estimate of drug-likeness (QED) is 0.617. The highest BCUT2D eigenvalue weighted by Gasteiger charge is 2.57. The van der Waals surface area contributed by atoms with Gasteiger partial charge in [0.05, 0.1) is 18.8 Å². The van der Waals surface area contributed by atoms with Crippen LogP contribution in [0.15, 0.2) is 42.5 Å². The van der Waals surface area contributed by atoms with Crippen LogP contribution in [0.25, 0.3) is 11.1 Å². The number of ether oxygens (including phenoxy) is 1. The Morgan fingerprint density at radius 3 is 2.41 bits per heavy atom. The van der Waals surface area contributed by atoms with Crippen LogP contribution in [0.3, 0.4) is 0 Å². The van der Waals surface area contributed by atoms with Gasteiger partial charge in [-0.1, -0.05) is 30.3 Å². The molecule has 34 heavy (non-hydrogen) atoms. The maximum atomic E-state index is 15.4. The van der Waals surface area contributed by atoms with Gasteiger partial charge >= 0.3 is 6.09 Å². The molecule has 2 aromatic rings. The topological polar surface area (TPSA) is 75.7 Å². The number of alkyl halides is 2. The summed E-state index contributed by atoms with van der Waals surface area (Å²) in [6, 6.07) is 6.01. The Hall–Kier alpha value is -2.66. The zero-order chi connectivity index (χ0) is 25.5. The first kappa shape index (κ1) is 26.0. The van der Waals surface area contributed by atoms with Crippen LogP contribution in [0, 0.1) is 11.6 Å². The van der Waals surface area contributed by atoms with E-state index in [9.17, 15) is 26.4 Å². The fourth-order valence-corrected chi connectivity index (χ4v) is 4.68. The predicted molar refractivity (Wildman–Crippen MR) is 119 cm³/mol. The van der Waals surface area contributed by atoms with E-state index < -0.39 is 64.3 Å². The molecule has 1 amide bonds. The van der Waals surface area contributed by atoms with Gasteiger partial charge in [0.15, 0.2) is 0 Å². The molecule has 0 aliphatic carbocycles. The summed E-state index contributed by atoms with van der Waals surface area (Å²) < 4.78 is 89.7. The van der Waals surface area contributed by atoms with Gasteiger partial charge in [-0.15, -0.1) is 0 Å². The number of rotatable bonds is 5. The Bertz CT molecular complexity index is 1180. The molecule has 186 valence electrons. The number of halogens is 4. The molecule has 0 aromatic heterocycles. The largest absolute Gasteiger partial charge is 0.444 e. The summed E-state index contributed by atoms with van der Waals surface area (Å²) >= 11 is 0. The van der Waals surface area contributed by atoms with Crippen LogP contribution >= 0.6 is 0 Å². The van der Waals surface area contributed by atoms with E-state index in [0.29, 0.717) is 0 Å². The Morgan fingerprint density at radius 1 is 1.18 bits per heavy atom. The van der Waals surface area contributed by atoms with Crippen molar-refractivity contribution in [3.63, 3.8) is 0 Å². The van der Waals surface area contributed by atoms with Gasteiger partial charge in [0.2, 0.25) is 10.0 Å². The maximum Gasteiger partial charge on any atom is 0.410 e. The molecule has 1 heterocycles. The monoisotopic (exact) mass is 502 g/mol. The first-order valence-corrected chi connectivity index (χ1v) is 12.3. The van der Waals surface area contributed by atoms with Gasteiger partial charge in [0.25, 0.3) is 5.92 Å². The van der Waals surface area contributed by atoms with Gasteiger partial charge in [-0.3, -0.25) is 4.90 Å². The second-order valence-corrected chi connectivity index (χ2v) is 11.1. The van der Waals surface area contributed by atoms with Crippen molar-refractivity contribution in [3.05, 3.63) is 59.7 Å². The van der Waals surface area contributed by atoms with Crippen LogP contribution in [-0.4, -0.2) is 55.8 Å². The molecule has 1 fully saturated rings. The minimum Gasteiger partial charge on any atom is -0.444 e. The highest BCUT2D eigenvalue weighted by atomic mass is 32.2. The Labute approximate surface area is 196 Å². The smallest absolute Gasteiger partial charge is 0.410 e. The number of likely N-dealkylation sites (tertiary alicyclic amines) is 1. The lowest BCUT2D eigenvalue weighted by Crippen LogP contribution is -2.52. The van der Waals surface area contributed by atoms with Gasteiger partial charge < -0.3 is 4.74 Å². The van der Waals surface area contributed by atoms with E-state index in [1.165, 1.54) is 36.4 Å². The average molecular weight is 503 g/mol. The van der Waals surface area contributed by atoms with Crippen molar-refractivity contribution in [3.8, 4) is 11.1 Å². The number of nitrogens with zero attached hydrogens (tertiary/aromatic N) is 1. The SMILES string of the molecule is CC(C)(C)OC(=O)N1CC(F)(F)[C@H](NS(C)(=O)=O)[C@@H]1Cc1cccc(-c2cccc(F)c2)c1F. The predicted octanol–water partition coefficient (Wildman–Crippen LogP) is 4.35. The van der Waals surface area contributed by atoms with E-state index in [1.54, 1.807) is 20.8 Å². The third-order valence-corrected chi connectivity index (χ3v) is 5.92. The van der Waals surface area contributed by atoms with Crippen LogP contribution in [-0.2, 0) is 21.2 Å². The van der Waals surface area contributed by atoms with Crippen LogP contribution in [0.4, 0.5) is 22.4 Å². The molecule has 2 aromatic carbocycles. The maximum absolute atomic E-state index is 15.4. The molecule has 0 unspecified atom stereocenters. The van der Waals surface area contributed by atoms with Crippen molar-refractivity contribution < 1.29 is 35.5 Å². The summed E-state index contributed by atoms with van der Waals surface area (Å²) in [5.74, 6) is -5.00. The molecule has 1 aliphatic rings. The fraction of sp³-hybridized carbons (Fsp3) is 0.435. The first-order chi connectivity index (χ1) is 15.6. The number of hydrogen-bond acceptors (Lipinski definition) is 4. The van der Waals surface area contributed by atoms with Crippen molar-refractivity contribution >= 4 is 16.1 Å². The molecule has 6 nitrogen and oxygen atoms in total. The zero-order valence-corrected chi connectivity index (χ0v) is 19.9. The van der Waals surface area contributed by atoms with Crippen LogP contribution in [0.5, 0.6) is 0 Å². The van der Waals surface area contributed by atoms with Crippen molar-refractivity contribution in [2.45, 2.75) is 50.8 Å². The van der Waals surface area contributed by atoms with Gasteiger partial charge in [-0.05, 0) is 50.5 Å². The number of carbonyl (C=O) groups excluding carboxylic acids is 1. The third kappa shape index (κ3) is 6.06. The van der Waals surface area contributed by atoms with E-state index >= 15 is 4.39 Å². The molecule has 0 bridgehead atoms. The molecule has 0 saturated carbocycles. The molecule has 1 saturated heterocycles. The standard InChI is InChI=1S/C23H26F4N2O4S/c1-22(2,3)33-21(30)29-13-23(26,27)20(28-34(4,31)32)18(29)12-15-8-6-10-17(19(15)25)14-7-5-9-16(24)11-14/h5-11,18,20,28H,12-13H2,1-4H3/t18-,20+/m0/s1. The third-order valence-electron chi connectivity index (χ3n) is 5.23. The minimum atomic E-state index is -4.10. The summed E-state index contributed by atoms with van der Waals surface area (Å²) in [4.78, 5) is 13.5. The molecular formula is C23H26F4N2O4S. The molecule has 0 spiro atoms. The van der Waals surface area contributed by atoms with Gasteiger partial charge in [0, 0.05) is 5.56 Å². The highest BCUT2D eigenvalue weighted by molar-refractivity contribution is 7.88. The summed E-state index contributed by atoms with van der Waals surface area (Å²) in [5, 5.41) is 0. The molecule has 3 rings (SSSR count). The number of amides is 1. The Kier molecular flexibility index (Phi) is 7.01. The summed E-state index contributed by atoms with van der Waals surface area (Å²) in [7, 11) is -4.10. The number of nitrogens with one attached hydrogen (secondary N) is 1. The normalized spacial score (nSPS) is 20.4. The molecule has 1 N–H and O–H groups in total. The van der Waals surface area contributed by atoms with E-state index in [1.807, 2.05) is 4.72 Å². The highest BCUT2D eigenvalue weighted by Crippen LogP contribution is 2.37. The van der Waals surface area contributed by atoms with Gasteiger partial charge in [0.1, 0.15) is 23.3 Å². The lowest BCUT2D eigenvalue weighted by molar-refractivity contribution is -0.0122. The van der Waals surface area contributed by atoms with Crippen LogP contribution in [0.1, 0.15) is 26.3 Å². The van der Waals surface area contributed by atoms with Gasteiger partial charge in [-0.25, -0.2) is 35.5 Å². The van der Waals surface area contributed by atoms with Gasteiger partial charge in [-0.2, -0.15) is 0 Å². The van der Waals surface area contributed by atoms with E-state index in [0.717, 1.165) is 17.2 Å². The fourth-order valence-electron chi connectivity index (χ4n) is 3.89. The van der Waals surface area contributed by atoms with E-state index in [-0.39, 0.29) is 16.7 Å². The lowest BCUT2D eigenvalue weighted by Gasteiger charge is -2.30. The number of hydrogen-bond donors (Lipinski definition) is 1. The van der Waals surface area contributed by atoms with Crippen LogP contribution < -0.4 is 4.72 Å². The molecule has 2 atom stereocenters.